The molecule has 1 aliphatic rings. The van der Waals surface area contributed by atoms with Crippen LogP contribution < -0.4 is 10.1 Å². The van der Waals surface area contributed by atoms with E-state index in [-0.39, 0.29) is 0 Å². The van der Waals surface area contributed by atoms with E-state index in [4.69, 9.17) is 4.74 Å². The minimum atomic E-state index is 0.659. The first kappa shape index (κ1) is 13.4. The first-order valence-electron chi connectivity index (χ1n) is 7.22. The molecule has 1 fully saturated rings. The minimum absolute atomic E-state index is 0.659. The fourth-order valence-electron chi connectivity index (χ4n) is 2.96. The van der Waals surface area contributed by atoms with Gasteiger partial charge >= 0.3 is 0 Å². The Balaban J connectivity index is 2.06. The van der Waals surface area contributed by atoms with Gasteiger partial charge in [0.05, 0.1) is 7.11 Å². The zero-order valence-electron chi connectivity index (χ0n) is 11.6. The summed E-state index contributed by atoms with van der Waals surface area (Å²) >= 11 is 0. The summed E-state index contributed by atoms with van der Waals surface area (Å²) in [5.41, 5.74) is 1.46. The molecule has 1 aliphatic carbocycles. The summed E-state index contributed by atoms with van der Waals surface area (Å²) < 4.78 is 5.23. The van der Waals surface area contributed by atoms with Crippen molar-refractivity contribution in [2.45, 2.75) is 51.0 Å². The molecule has 0 amide bonds. The van der Waals surface area contributed by atoms with E-state index in [2.05, 4.69) is 36.5 Å². The van der Waals surface area contributed by atoms with E-state index < -0.39 is 0 Å². The smallest absolute Gasteiger partial charge is 0.118 e. The summed E-state index contributed by atoms with van der Waals surface area (Å²) in [4.78, 5) is 0. The molecule has 0 spiro atoms. The van der Waals surface area contributed by atoms with Crippen LogP contribution >= 0.6 is 0 Å². The summed E-state index contributed by atoms with van der Waals surface area (Å²) in [6.45, 7) is 3.37. The van der Waals surface area contributed by atoms with Crippen LogP contribution in [0.4, 0.5) is 0 Å². The van der Waals surface area contributed by atoms with Gasteiger partial charge in [-0.2, -0.15) is 0 Å². The average molecular weight is 247 g/mol. The Hall–Kier alpha value is -1.02. The van der Waals surface area contributed by atoms with Gasteiger partial charge in [0.15, 0.2) is 0 Å². The number of nitrogens with one attached hydrogen (secondary N) is 1. The lowest BCUT2D eigenvalue weighted by molar-refractivity contribution is 0.328. The SMILES string of the molecule is CCCNC1CCCCC1c1ccc(OC)cc1. The monoisotopic (exact) mass is 247 g/mol. The van der Waals surface area contributed by atoms with E-state index in [0.717, 1.165) is 12.3 Å². The second kappa shape index (κ2) is 6.79. The molecule has 2 atom stereocenters. The number of hydrogen-bond donors (Lipinski definition) is 1. The van der Waals surface area contributed by atoms with E-state index in [9.17, 15) is 0 Å². The van der Waals surface area contributed by atoms with Crippen molar-refractivity contribution < 1.29 is 4.74 Å². The van der Waals surface area contributed by atoms with E-state index in [1.165, 1.54) is 37.7 Å². The quantitative estimate of drug-likeness (QED) is 0.856. The van der Waals surface area contributed by atoms with Crippen molar-refractivity contribution in [2.24, 2.45) is 0 Å². The van der Waals surface area contributed by atoms with Gasteiger partial charge in [-0.05, 0) is 49.4 Å². The van der Waals surface area contributed by atoms with Crippen LogP contribution in [0.15, 0.2) is 24.3 Å². The lowest BCUT2D eigenvalue weighted by Crippen LogP contribution is -2.37. The van der Waals surface area contributed by atoms with Crippen LogP contribution in [0.25, 0.3) is 0 Å². The summed E-state index contributed by atoms with van der Waals surface area (Å²) in [6.07, 6.45) is 6.57. The predicted molar refractivity (Wildman–Crippen MR) is 76.3 cm³/mol. The second-order valence-electron chi connectivity index (χ2n) is 5.22. The number of ether oxygens (including phenoxy) is 1. The number of hydrogen-bond acceptors (Lipinski definition) is 2. The Morgan fingerprint density at radius 2 is 1.89 bits per heavy atom. The van der Waals surface area contributed by atoms with E-state index >= 15 is 0 Å². The van der Waals surface area contributed by atoms with Crippen molar-refractivity contribution >= 4 is 0 Å². The standard InChI is InChI=1S/C16H25NO/c1-3-12-17-16-7-5-4-6-15(16)13-8-10-14(18-2)11-9-13/h8-11,15-17H,3-7,12H2,1-2H3. The van der Waals surface area contributed by atoms with Crippen molar-refractivity contribution in [3.05, 3.63) is 29.8 Å². The highest BCUT2D eigenvalue weighted by Crippen LogP contribution is 2.33. The Morgan fingerprint density at radius 1 is 1.17 bits per heavy atom. The third kappa shape index (κ3) is 3.26. The summed E-state index contributed by atoms with van der Waals surface area (Å²) in [7, 11) is 1.72. The van der Waals surface area contributed by atoms with Crippen LogP contribution in [-0.4, -0.2) is 19.7 Å². The van der Waals surface area contributed by atoms with Crippen molar-refractivity contribution in [3.8, 4) is 5.75 Å². The Bertz CT molecular complexity index is 347. The largest absolute Gasteiger partial charge is 0.497 e. The molecule has 2 unspecified atom stereocenters. The van der Waals surface area contributed by atoms with Gasteiger partial charge in [0.2, 0.25) is 0 Å². The molecule has 0 aliphatic heterocycles. The highest BCUT2D eigenvalue weighted by molar-refractivity contribution is 5.30. The van der Waals surface area contributed by atoms with Gasteiger partial charge in [0.25, 0.3) is 0 Å². The maximum absolute atomic E-state index is 5.23. The molecule has 18 heavy (non-hydrogen) atoms. The third-order valence-corrected chi connectivity index (χ3v) is 3.97. The molecule has 2 heteroatoms. The second-order valence-corrected chi connectivity index (χ2v) is 5.22. The van der Waals surface area contributed by atoms with Gasteiger partial charge in [0.1, 0.15) is 5.75 Å². The van der Waals surface area contributed by atoms with Crippen LogP contribution in [-0.2, 0) is 0 Å². The van der Waals surface area contributed by atoms with Crippen LogP contribution in [0.1, 0.15) is 50.5 Å². The van der Waals surface area contributed by atoms with Crippen molar-refractivity contribution in [2.75, 3.05) is 13.7 Å². The van der Waals surface area contributed by atoms with Gasteiger partial charge < -0.3 is 10.1 Å². The van der Waals surface area contributed by atoms with Crippen LogP contribution in [0, 0.1) is 0 Å². The van der Waals surface area contributed by atoms with Gasteiger partial charge in [0, 0.05) is 6.04 Å². The highest BCUT2D eigenvalue weighted by Gasteiger charge is 2.25. The molecule has 2 nitrogen and oxygen atoms in total. The molecular weight excluding hydrogens is 222 g/mol. The van der Waals surface area contributed by atoms with Crippen LogP contribution in [0.5, 0.6) is 5.75 Å². The van der Waals surface area contributed by atoms with Crippen molar-refractivity contribution in [1.29, 1.82) is 0 Å². The third-order valence-electron chi connectivity index (χ3n) is 3.97. The molecule has 0 saturated heterocycles. The van der Waals surface area contributed by atoms with Gasteiger partial charge in [-0.3, -0.25) is 0 Å². The Kier molecular flexibility index (Phi) is 5.06. The summed E-state index contributed by atoms with van der Waals surface area (Å²) in [5, 5.41) is 3.72. The fourth-order valence-corrected chi connectivity index (χ4v) is 2.96. The van der Waals surface area contributed by atoms with Gasteiger partial charge in [-0.25, -0.2) is 0 Å². The maximum atomic E-state index is 5.23. The molecule has 0 heterocycles. The Labute approximate surface area is 111 Å². The zero-order valence-corrected chi connectivity index (χ0v) is 11.6. The molecular formula is C16H25NO. The normalized spacial score (nSPS) is 23.9. The molecule has 1 aromatic rings. The lowest BCUT2D eigenvalue weighted by atomic mass is 9.80. The average Bonchev–Trinajstić information content (AvgIpc) is 2.45. The number of benzene rings is 1. The first-order chi connectivity index (χ1) is 8.85. The van der Waals surface area contributed by atoms with Crippen LogP contribution in [0.2, 0.25) is 0 Å². The number of rotatable bonds is 5. The molecule has 1 N–H and O–H groups in total. The van der Waals surface area contributed by atoms with Crippen LogP contribution in [0.3, 0.4) is 0 Å². The molecule has 0 radical (unpaired) electrons. The zero-order chi connectivity index (χ0) is 12.8. The van der Waals surface area contributed by atoms with Gasteiger partial charge in [-0.15, -0.1) is 0 Å². The maximum Gasteiger partial charge on any atom is 0.118 e. The van der Waals surface area contributed by atoms with E-state index in [1.807, 2.05) is 0 Å². The van der Waals surface area contributed by atoms with Crippen molar-refractivity contribution in [3.63, 3.8) is 0 Å². The lowest BCUT2D eigenvalue weighted by Gasteiger charge is -2.32. The number of methoxy groups -OCH3 is 1. The highest BCUT2D eigenvalue weighted by atomic mass is 16.5. The minimum Gasteiger partial charge on any atom is -0.497 e. The van der Waals surface area contributed by atoms with Crippen molar-refractivity contribution in [1.82, 2.24) is 5.32 Å². The summed E-state index contributed by atoms with van der Waals surface area (Å²) in [5.74, 6) is 1.63. The molecule has 2 rings (SSSR count). The fraction of sp³-hybridized carbons (Fsp3) is 0.625. The predicted octanol–water partition coefficient (Wildman–Crippen LogP) is 3.72. The molecule has 0 aromatic heterocycles. The molecule has 0 bridgehead atoms. The van der Waals surface area contributed by atoms with Gasteiger partial charge in [-0.1, -0.05) is 31.9 Å². The topological polar surface area (TPSA) is 21.3 Å². The van der Waals surface area contributed by atoms with E-state index in [0.29, 0.717) is 12.0 Å². The molecule has 100 valence electrons. The molecule has 1 aromatic carbocycles. The first-order valence-corrected chi connectivity index (χ1v) is 7.22. The summed E-state index contributed by atoms with van der Waals surface area (Å²) in [6, 6.07) is 9.29. The molecule has 1 saturated carbocycles. The van der Waals surface area contributed by atoms with E-state index in [1.54, 1.807) is 7.11 Å². The Morgan fingerprint density at radius 3 is 2.56 bits per heavy atom.